The molecular weight excluding hydrogens is 264 g/mol. The number of carbonyl (C=O) groups is 1. The van der Waals surface area contributed by atoms with Gasteiger partial charge in [-0.3, -0.25) is 0 Å². The maximum absolute atomic E-state index is 10.8. The first-order valence-electron chi connectivity index (χ1n) is 4.38. The van der Waals surface area contributed by atoms with Crippen molar-refractivity contribution in [1.29, 1.82) is 0 Å². The van der Waals surface area contributed by atoms with Gasteiger partial charge in [0.2, 0.25) is 0 Å². The second-order valence-corrected chi connectivity index (χ2v) is 6.11. The minimum absolute atomic E-state index is 0.321. The molecule has 0 aliphatic rings. The summed E-state index contributed by atoms with van der Waals surface area (Å²) in [6, 6.07) is 0. The molecule has 16 heavy (non-hydrogen) atoms. The largest absolute Gasteiger partial charge is 0.477 e. The van der Waals surface area contributed by atoms with Crippen LogP contribution in [-0.2, 0) is 5.75 Å². The van der Waals surface area contributed by atoms with Crippen molar-refractivity contribution in [2.45, 2.75) is 17.0 Å². The highest BCUT2D eigenvalue weighted by atomic mass is 32.2. The lowest BCUT2D eigenvalue weighted by molar-refractivity contribution is 0.0701. The van der Waals surface area contributed by atoms with E-state index in [9.17, 15) is 4.79 Å². The highest BCUT2D eigenvalue weighted by molar-refractivity contribution is 8.00. The van der Waals surface area contributed by atoms with E-state index in [-0.39, 0.29) is 0 Å². The molecule has 0 aromatic carbocycles. The number of thioether (sulfide) groups is 1. The van der Waals surface area contributed by atoms with Crippen LogP contribution in [0, 0.1) is 6.92 Å². The maximum atomic E-state index is 10.8. The van der Waals surface area contributed by atoms with E-state index in [1.54, 1.807) is 24.5 Å². The lowest BCUT2D eigenvalue weighted by Crippen LogP contribution is -1.94. The highest BCUT2D eigenvalue weighted by Gasteiger charge is 2.14. The van der Waals surface area contributed by atoms with Gasteiger partial charge >= 0.3 is 5.97 Å². The van der Waals surface area contributed by atoms with Gasteiger partial charge in [0.1, 0.15) is 9.88 Å². The summed E-state index contributed by atoms with van der Waals surface area (Å²) in [4.78, 5) is 19.5. The first-order chi connectivity index (χ1) is 7.66. The van der Waals surface area contributed by atoms with Gasteiger partial charge in [-0.1, -0.05) is 11.8 Å². The third-order valence-corrected chi connectivity index (χ3v) is 5.04. The lowest BCUT2D eigenvalue weighted by atomic mass is 10.4. The number of hydrogen-bond acceptors (Lipinski definition) is 6. The van der Waals surface area contributed by atoms with Gasteiger partial charge in [0.15, 0.2) is 4.34 Å². The summed E-state index contributed by atoms with van der Waals surface area (Å²) in [5, 5.41) is 11.8. The smallest absolute Gasteiger partial charge is 0.347 e. The maximum Gasteiger partial charge on any atom is 0.347 e. The number of carboxylic acids is 1. The molecule has 0 saturated carbocycles. The van der Waals surface area contributed by atoms with Gasteiger partial charge in [-0.2, -0.15) is 0 Å². The molecule has 0 bridgehead atoms. The Morgan fingerprint density at radius 2 is 2.44 bits per heavy atom. The number of aromatic carboxylic acids is 1. The van der Waals surface area contributed by atoms with Gasteiger partial charge in [0.05, 0.1) is 11.4 Å². The van der Waals surface area contributed by atoms with Crippen LogP contribution in [0.5, 0.6) is 0 Å². The quantitative estimate of drug-likeness (QED) is 0.867. The third kappa shape index (κ3) is 2.60. The molecule has 2 heterocycles. The van der Waals surface area contributed by atoms with Crippen molar-refractivity contribution in [2.24, 2.45) is 0 Å². The zero-order valence-corrected chi connectivity index (χ0v) is 10.8. The summed E-state index contributed by atoms with van der Waals surface area (Å²) in [7, 11) is 0. The van der Waals surface area contributed by atoms with Crippen molar-refractivity contribution in [1.82, 2.24) is 9.97 Å². The zero-order chi connectivity index (χ0) is 11.5. The van der Waals surface area contributed by atoms with Crippen molar-refractivity contribution in [3.8, 4) is 0 Å². The van der Waals surface area contributed by atoms with Gasteiger partial charge < -0.3 is 5.11 Å². The predicted octanol–water partition coefficient (Wildman–Crippen LogP) is 2.90. The predicted molar refractivity (Wildman–Crippen MR) is 65.5 cm³/mol. The SMILES string of the molecule is Cc1nc(SCc2nccs2)sc1C(=O)O. The molecule has 4 nitrogen and oxygen atoms in total. The Labute approximate surface area is 104 Å². The van der Waals surface area contributed by atoms with Crippen LogP contribution in [0.15, 0.2) is 15.9 Å². The fraction of sp³-hybridized carbons (Fsp3) is 0.222. The van der Waals surface area contributed by atoms with Crippen LogP contribution in [0.4, 0.5) is 0 Å². The number of aromatic nitrogens is 2. The molecule has 0 amide bonds. The molecule has 2 aromatic heterocycles. The molecule has 0 unspecified atom stereocenters. The summed E-state index contributed by atoms with van der Waals surface area (Å²) in [6.07, 6.45) is 1.76. The summed E-state index contributed by atoms with van der Waals surface area (Å²) in [6.45, 7) is 1.72. The van der Waals surface area contributed by atoms with Gasteiger partial charge in [-0.15, -0.1) is 22.7 Å². The second kappa shape index (κ2) is 4.94. The van der Waals surface area contributed by atoms with Gasteiger partial charge in [0, 0.05) is 11.6 Å². The third-order valence-electron chi connectivity index (χ3n) is 1.77. The molecule has 84 valence electrons. The van der Waals surface area contributed by atoms with E-state index in [0.717, 1.165) is 15.1 Å². The Morgan fingerprint density at radius 1 is 1.62 bits per heavy atom. The molecular formula is C9H8N2O2S3. The molecule has 2 aromatic rings. The van der Waals surface area contributed by atoms with E-state index < -0.39 is 5.97 Å². The summed E-state index contributed by atoms with van der Waals surface area (Å²) in [5.41, 5.74) is 0.583. The Bertz CT molecular complexity index is 493. The molecule has 0 spiro atoms. The first kappa shape index (κ1) is 11.6. The molecule has 0 saturated heterocycles. The number of rotatable bonds is 4. The second-order valence-electron chi connectivity index (χ2n) is 2.91. The zero-order valence-electron chi connectivity index (χ0n) is 8.34. The fourth-order valence-corrected chi connectivity index (χ4v) is 3.75. The Hall–Kier alpha value is -0.920. The molecule has 0 atom stereocenters. The van der Waals surface area contributed by atoms with Crippen LogP contribution >= 0.6 is 34.4 Å². The van der Waals surface area contributed by atoms with Gasteiger partial charge in [-0.05, 0) is 6.92 Å². The van der Waals surface area contributed by atoms with Crippen LogP contribution in [0.3, 0.4) is 0 Å². The summed E-state index contributed by atoms with van der Waals surface area (Å²) in [5.74, 6) is -0.167. The minimum atomic E-state index is -0.906. The van der Waals surface area contributed by atoms with Crippen molar-refractivity contribution < 1.29 is 9.90 Å². The number of aryl methyl sites for hydroxylation is 1. The molecule has 2 rings (SSSR count). The minimum Gasteiger partial charge on any atom is -0.477 e. The Balaban J connectivity index is 2.05. The first-order valence-corrected chi connectivity index (χ1v) is 7.07. The fourth-order valence-electron chi connectivity index (χ4n) is 1.08. The van der Waals surface area contributed by atoms with Crippen LogP contribution in [-0.4, -0.2) is 21.0 Å². The monoisotopic (exact) mass is 272 g/mol. The van der Waals surface area contributed by atoms with E-state index in [4.69, 9.17) is 5.11 Å². The standard InChI is InChI=1S/C9H8N2O2S3/c1-5-7(8(12)13)16-9(11-5)15-4-6-10-2-3-14-6/h2-3H,4H2,1H3,(H,12,13). The molecule has 7 heteroatoms. The van der Waals surface area contributed by atoms with Crippen LogP contribution < -0.4 is 0 Å². The van der Waals surface area contributed by atoms with Crippen molar-refractivity contribution in [2.75, 3.05) is 0 Å². The van der Waals surface area contributed by atoms with E-state index in [1.165, 1.54) is 23.1 Å². The topological polar surface area (TPSA) is 63.1 Å². The lowest BCUT2D eigenvalue weighted by Gasteiger charge is -1.91. The van der Waals surface area contributed by atoms with Gasteiger partial charge in [-0.25, -0.2) is 14.8 Å². The van der Waals surface area contributed by atoms with E-state index >= 15 is 0 Å². The van der Waals surface area contributed by atoms with Crippen molar-refractivity contribution >= 4 is 40.4 Å². The summed E-state index contributed by atoms with van der Waals surface area (Å²) >= 11 is 4.33. The highest BCUT2D eigenvalue weighted by Crippen LogP contribution is 2.29. The van der Waals surface area contributed by atoms with Crippen molar-refractivity contribution in [3.63, 3.8) is 0 Å². The average Bonchev–Trinajstić information content (AvgIpc) is 2.83. The van der Waals surface area contributed by atoms with E-state index in [2.05, 4.69) is 9.97 Å². The molecule has 0 aliphatic heterocycles. The molecule has 1 N–H and O–H groups in total. The average molecular weight is 272 g/mol. The van der Waals surface area contributed by atoms with E-state index in [1.807, 2.05) is 5.38 Å². The molecule has 0 radical (unpaired) electrons. The number of nitrogens with zero attached hydrogens (tertiary/aromatic N) is 2. The van der Waals surface area contributed by atoms with Crippen LogP contribution in [0.25, 0.3) is 0 Å². The number of carboxylic acid groups (broad SMARTS) is 1. The normalized spacial score (nSPS) is 10.6. The van der Waals surface area contributed by atoms with E-state index in [0.29, 0.717) is 10.6 Å². The number of thiazole rings is 2. The van der Waals surface area contributed by atoms with Gasteiger partial charge in [0.25, 0.3) is 0 Å². The van der Waals surface area contributed by atoms with Crippen molar-refractivity contribution in [3.05, 3.63) is 27.2 Å². The van der Waals surface area contributed by atoms with Crippen LogP contribution in [0.1, 0.15) is 20.4 Å². The Kier molecular flexibility index (Phi) is 3.57. The molecule has 0 aliphatic carbocycles. The Morgan fingerprint density at radius 3 is 3.00 bits per heavy atom. The number of hydrogen-bond donors (Lipinski definition) is 1. The van der Waals surface area contributed by atoms with Crippen LogP contribution in [0.2, 0.25) is 0 Å². The summed E-state index contributed by atoms with van der Waals surface area (Å²) < 4.78 is 0.783. The molecule has 0 fully saturated rings.